The van der Waals surface area contributed by atoms with Crippen molar-refractivity contribution in [1.82, 2.24) is 9.88 Å². The molecule has 1 aliphatic heterocycles. The first-order valence-electron chi connectivity index (χ1n) is 10.7. The largest absolute Gasteiger partial charge is 0.369 e. The molecule has 3 N–H and O–H groups in total. The molecule has 2 heterocycles. The zero-order valence-electron chi connectivity index (χ0n) is 17.2. The average molecular weight is 441 g/mol. The zero-order chi connectivity index (χ0) is 22.6. The third-order valence-corrected chi connectivity index (χ3v) is 6.80. The van der Waals surface area contributed by atoms with Crippen LogP contribution in [0.25, 0.3) is 22.2 Å². The van der Waals surface area contributed by atoms with Gasteiger partial charge in [-0.2, -0.15) is 0 Å². The van der Waals surface area contributed by atoms with Gasteiger partial charge in [0.1, 0.15) is 17.5 Å². The van der Waals surface area contributed by atoms with Crippen LogP contribution >= 0.6 is 0 Å². The Morgan fingerprint density at radius 3 is 2.38 bits per heavy atom. The molecular weight excluding hydrogens is 419 g/mol. The van der Waals surface area contributed by atoms with Gasteiger partial charge in [-0.25, -0.2) is 13.2 Å². The molecule has 8 heteroatoms. The summed E-state index contributed by atoms with van der Waals surface area (Å²) in [7, 11) is 0. The Labute approximate surface area is 182 Å². The Balaban J connectivity index is 1.44. The summed E-state index contributed by atoms with van der Waals surface area (Å²) in [4.78, 5) is 29.0. The second-order valence-corrected chi connectivity index (χ2v) is 8.77. The van der Waals surface area contributed by atoms with Crippen molar-refractivity contribution in [2.75, 3.05) is 13.1 Å². The zero-order valence-corrected chi connectivity index (χ0v) is 17.2. The summed E-state index contributed by atoms with van der Waals surface area (Å²) in [5.41, 5.74) is 7.57. The lowest BCUT2D eigenvalue weighted by atomic mass is 9.69. The second kappa shape index (κ2) is 7.69. The number of carbonyl (C=O) groups excluding carboxylic acids is 2. The summed E-state index contributed by atoms with van der Waals surface area (Å²) < 4.78 is 42.0. The van der Waals surface area contributed by atoms with E-state index in [0.29, 0.717) is 49.0 Å². The van der Waals surface area contributed by atoms with E-state index < -0.39 is 23.4 Å². The lowest BCUT2D eigenvalue weighted by molar-refractivity contribution is -0.137. The van der Waals surface area contributed by atoms with Gasteiger partial charge in [-0.15, -0.1) is 0 Å². The van der Waals surface area contributed by atoms with Crippen LogP contribution in [0.15, 0.2) is 36.4 Å². The number of amides is 2. The average Bonchev–Trinajstić information content (AvgIpc) is 3.34. The van der Waals surface area contributed by atoms with E-state index in [2.05, 4.69) is 4.98 Å². The van der Waals surface area contributed by atoms with Gasteiger partial charge >= 0.3 is 0 Å². The van der Waals surface area contributed by atoms with Gasteiger partial charge in [0, 0.05) is 30.5 Å². The minimum absolute atomic E-state index is 0.00876. The maximum atomic E-state index is 14.5. The van der Waals surface area contributed by atoms with E-state index in [1.165, 1.54) is 18.2 Å². The molecule has 5 nitrogen and oxygen atoms in total. The molecule has 0 spiro atoms. The van der Waals surface area contributed by atoms with Gasteiger partial charge in [0.2, 0.25) is 11.8 Å². The van der Waals surface area contributed by atoms with Gasteiger partial charge in [-0.1, -0.05) is 0 Å². The van der Waals surface area contributed by atoms with Crippen LogP contribution in [0.1, 0.15) is 30.7 Å². The molecule has 1 saturated heterocycles. The topological polar surface area (TPSA) is 79.2 Å². The highest BCUT2D eigenvalue weighted by atomic mass is 19.1. The number of nitrogens with zero attached hydrogens (tertiary/aromatic N) is 1. The number of aromatic amines is 1. The van der Waals surface area contributed by atoms with E-state index in [9.17, 15) is 22.8 Å². The number of aromatic nitrogens is 1. The molecule has 1 aromatic heterocycles. The van der Waals surface area contributed by atoms with E-state index >= 15 is 0 Å². The minimum Gasteiger partial charge on any atom is -0.369 e. The Bertz CT molecular complexity index is 1220. The predicted molar refractivity (Wildman–Crippen MR) is 113 cm³/mol. The van der Waals surface area contributed by atoms with Gasteiger partial charge in [-0.3, -0.25) is 9.59 Å². The van der Waals surface area contributed by atoms with E-state index in [-0.39, 0.29) is 29.2 Å². The summed E-state index contributed by atoms with van der Waals surface area (Å²) >= 11 is 0. The maximum absolute atomic E-state index is 14.5. The molecule has 1 aliphatic carbocycles. The SMILES string of the molecule is NC(=O)[C@H]1CCN(C(=O)C2CC(c3c(-c4ccc(F)cc4)[nH]c4c(F)cc(F)cc34)C2)C1. The van der Waals surface area contributed by atoms with Gasteiger partial charge in [-0.05, 0) is 66.6 Å². The number of H-pyrrole nitrogens is 1. The van der Waals surface area contributed by atoms with Crippen LogP contribution < -0.4 is 5.73 Å². The number of likely N-dealkylation sites (tertiary alicyclic amines) is 1. The molecule has 166 valence electrons. The molecule has 2 aromatic carbocycles. The number of rotatable bonds is 4. The molecule has 0 unspecified atom stereocenters. The molecule has 2 aliphatic rings. The van der Waals surface area contributed by atoms with Gasteiger partial charge < -0.3 is 15.6 Å². The van der Waals surface area contributed by atoms with Gasteiger partial charge in [0.05, 0.1) is 17.1 Å². The fraction of sp³-hybridized carbons (Fsp3) is 0.333. The number of carbonyl (C=O) groups is 2. The van der Waals surface area contributed by atoms with Crippen LogP contribution in [0.2, 0.25) is 0 Å². The fourth-order valence-corrected chi connectivity index (χ4v) is 5.01. The number of hydrogen-bond donors (Lipinski definition) is 2. The third-order valence-electron chi connectivity index (χ3n) is 6.80. The molecular formula is C24H22F3N3O2. The molecule has 0 radical (unpaired) electrons. The van der Waals surface area contributed by atoms with Crippen molar-refractivity contribution in [2.24, 2.45) is 17.6 Å². The van der Waals surface area contributed by atoms with Crippen molar-refractivity contribution in [3.8, 4) is 11.3 Å². The molecule has 2 amide bonds. The molecule has 5 rings (SSSR count). The smallest absolute Gasteiger partial charge is 0.225 e. The number of nitrogens with two attached hydrogens (primary N) is 1. The van der Waals surface area contributed by atoms with E-state index in [4.69, 9.17) is 5.73 Å². The van der Waals surface area contributed by atoms with Crippen LogP contribution in [-0.4, -0.2) is 34.8 Å². The third kappa shape index (κ3) is 3.43. The number of nitrogens with one attached hydrogen (secondary N) is 1. The van der Waals surface area contributed by atoms with Crippen LogP contribution in [0, 0.1) is 29.3 Å². The summed E-state index contributed by atoms with van der Waals surface area (Å²) in [5.74, 6) is -2.76. The van der Waals surface area contributed by atoms with E-state index in [1.54, 1.807) is 17.0 Å². The molecule has 3 aromatic rings. The van der Waals surface area contributed by atoms with Gasteiger partial charge in [0.15, 0.2) is 0 Å². The van der Waals surface area contributed by atoms with Crippen LogP contribution in [0.3, 0.4) is 0 Å². The van der Waals surface area contributed by atoms with Crippen molar-refractivity contribution in [3.63, 3.8) is 0 Å². The Morgan fingerprint density at radius 2 is 1.72 bits per heavy atom. The summed E-state index contributed by atoms with van der Waals surface area (Å²) in [5, 5.41) is 0.438. The van der Waals surface area contributed by atoms with Crippen molar-refractivity contribution in [2.45, 2.75) is 25.2 Å². The maximum Gasteiger partial charge on any atom is 0.225 e. The van der Waals surface area contributed by atoms with Crippen LogP contribution in [-0.2, 0) is 9.59 Å². The predicted octanol–water partition coefficient (Wildman–Crippen LogP) is 4.08. The number of primary amides is 1. The number of halogens is 3. The monoisotopic (exact) mass is 441 g/mol. The standard InChI is InChI=1S/C24H22F3N3O2/c25-16-3-1-12(2-4-16)21-20(18-9-17(26)10-19(27)22(18)29-21)14-7-15(8-14)24(32)30-6-5-13(11-30)23(28)31/h1-4,9-10,13-15,29H,5-8,11H2,(H2,28,31)/t13-,14?,15?/m0/s1. The Kier molecular flexibility index (Phi) is 4.95. The second-order valence-electron chi connectivity index (χ2n) is 8.77. The Morgan fingerprint density at radius 1 is 1.00 bits per heavy atom. The fourth-order valence-electron chi connectivity index (χ4n) is 5.01. The number of fused-ring (bicyclic) bond motifs is 1. The Hall–Kier alpha value is -3.29. The summed E-state index contributed by atoms with van der Waals surface area (Å²) in [6.45, 7) is 0.859. The summed E-state index contributed by atoms with van der Waals surface area (Å²) in [6, 6.07) is 7.94. The quantitative estimate of drug-likeness (QED) is 0.640. The normalized spacial score (nSPS) is 22.8. The van der Waals surface area contributed by atoms with Crippen LogP contribution in [0.4, 0.5) is 13.2 Å². The molecule has 0 bridgehead atoms. The van der Waals surface area contributed by atoms with E-state index in [0.717, 1.165) is 11.6 Å². The van der Waals surface area contributed by atoms with Crippen LogP contribution in [0.5, 0.6) is 0 Å². The first-order valence-corrected chi connectivity index (χ1v) is 10.7. The molecule has 1 atom stereocenters. The number of hydrogen-bond acceptors (Lipinski definition) is 2. The lowest BCUT2D eigenvalue weighted by Crippen LogP contribution is -2.40. The molecule has 2 fully saturated rings. The minimum atomic E-state index is -0.698. The highest BCUT2D eigenvalue weighted by molar-refractivity contribution is 5.92. The van der Waals surface area contributed by atoms with Crippen molar-refractivity contribution < 1.29 is 22.8 Å². The van der Waals surface area contributed by atoms with Crippen molar-refractivity contribution in [3.05, 3.63) is 59.4 Å². The highest BCUT2D eigenvalue weighted by Gasteiger charge is 2.42. The molecule has 1 saturated carbocycles. The first kappa shape index (κ1) is 20.6. The van der Waals surface area contributed by atoms with E-state index in [1.807, 2.05) is 0 Å². The first-order chi connectivity index (χ1) is 15.3. The van der Waals surface area contributed by atoms with Gasteiger partial charge in [0.25, 0.3) is 0 Å². The lowest BCUT2D eigenvalue weighted by Gasteiger charge is -2.37. The van der Waals surface area contributed by atoms with Crippen molar-refractivity contribution in [1.29, 1.82) is 0 Å². The number of benzene rings is 2. The highest BCUT2D eigenvalue weighted by Crippen LogP contribution is 2.49. The van der Waals surface area contributed by atoms with Crippen molar-refractivity contribution >= 4 is 22.7 Å². The summed E-state index contributed by atoms with van der Waals surface area (Å²) in [6.07, 6.45) is 1.65. The molecule has 32 heavy (non-hydrogen) atoms.